The van der Waals surface area contributed by atoms with E-state index in [0.29, 0.717) is 18.0 Å². The number of nitrogens with one attached hydrogen (secondary N) is 1. The largest absolute Gasteiger partial charge is 0.479 e. The lowest BCUT2D eigenvalue weighted by Crippen LogP contribution is -2.31. The SMILES string of the molecule is COc1nccc(N(C)C)c1NC1CC(C)N(C2CC2)C1. The van der Waals surface area contributed by atoms with Gasteiger partial charge in [0.15, 0.2) is 0 Å². The van der Waals surface area contributed by atoms with Crippen LogP contribution in [0, 0.1) is 0 Å². The standard InChI is InChI=1S/C16H26N4O/c1-11-9-12(10-20(11)13-5-6-13)18-15-14(19(2)3)7-8-17-16(15)21-4/h7-8,11-13,18H,5-6,9-10H2,1-4H3. The first-order valence-corrected chi connectivity index (χ1v) is 7.82. The van der Waals surface area contributed by atoms with Gasteiger partial charge in [-0.2, -0.15) is 0 Å². The lowest BCUT2D eigenvalue weighted by atomic mass is 10.2. The van der Waals surface area contributed by atoms with Gasteiger partial charge in [-0.1, -0.05) is 0 Å². The Labute approximate surface area is 127 Å². The van der Waals surface area contributed by atoms with Crippen LogP contribution in [0.25, 0.3) is 0 Å². The summed E-state index contributed by atoms with van der Waals surface area (Å²) in [5.74, 6) is 0.679. The van der Waals surface area contributed by atoms with Crippen molar-refractivity contribution in [1.82, 2.24) is 9.88 Å². The summed E-state index contributed by atoms with van der Waals surface area (Å²) >= 11 is 0. The predicted molar refractivity (Wildman–Crippen MR) is 86.3 cm³/mol. The highest BCUT2D eigenvalue weighted by Crippen LogP contribution is 2.37. The molecule has 0 bridgehead atoms. The van der Waals surface area contributed by atoms with Gasteiger partial charge >= 0.3 is 0 Å². The monoisotopic (exact) mass is 290 g/mol. The van der Waals surface area contributed by atoms with Crippen molar-refractivity contribution in [3.63, 3.8) is 0 Å². The van der Waals surface area contributed by atoms with E-state index in [4.69, 9.17) is 4.74 Å². The zero-order valence-electron chi connectivity index (χ0n) is 13.5. The van der Waals surface area contributed by atoms with Gasteiger partial charge in [0, 0.05) is 45.0 Å². The molecule has 21 heavy (non-hydrogen) atoms. The van der Waals surface area contributed by atoms with Gasteiger partial charge in [-0.25, -0.2) is 4.98 Å². The second-order valence-electron chi connectivity index (χ2n) is 6.46. The quantitative estimate of drug-likeness (QED) is 0.900. The fourth-order valence-electron chi connectivity index (χ4n) is 3.38. The van der Waals surface area contributed by atoms with Gasteiger partial charge in [-0.3, -0.25) is 4.90 Å². The molecule has 2 fully saturated rings. The number of ether oxygens (including phenoxy) is 1. The van der Waals surface area contributed by atoms with E-state index in [-0.39, 0.29) is 0 Å². The molecule has 3 rings (SSSR count). The van der Waals surface area contributed by atoms with E-state index >= 15 is 0 Å². The maximum Gasteiger partial charge on any atom is 0.239 e. The third-order valence-electron chi connectivity index (χ3n) is 4.56. The van der Waals surface area contributed by atoms with Gasteiger partial charge < -0.3 is 15.0 Å². The molecular formula is C16H26N4O. The fourth-order valence-corrected chi connectivity index (χ4v) is 3.38. The zero-order valence-corrected chi connectivity index (χ0v) is 13.5. The molecule has 1 aromatic heterocycles. The number of hydrogen-bond acceptors (Lipinski definition) is 5. The lowest BCUT2D eigenvalue weighted by Gasteiger charge is -2.23. The second-order valence-corrected chi connectivity index (χ2v) is 6.46. The van der Waals surface area contributed by atoms with Crippen LogP contribution in [0.1, 0.15) is 26.2 Å². The van der Waals surface area contributed by atoms with Crippen molar-refractivity contribution in [2.24, 2.45) is 0 Å². The minimum atomic E-state index is 0.470. The number of methoxy groups -OCH3 is 1. The van der Waals surface area contributed by atoms with E-state index in [1.165, 1.54) is 19.3 Å². The summed E-state index contributed by atoms with van der Waals surface area (Å²) in [6.45, 7) is 3.46. The van der Waals surface area contributed by atoms with Crippen molar-refractivity contribution in [1.29, 1.82) is 0 Å². The second kappa shape index (κ2) is 5.72. The summed E-state index contributed by atoms with van der Waals surface area (Å²) in [5.41, 5.74) is 2.14. The summed E-state index contributed by atoms with van der Waals surface area (Å²) < 4.78 is 5.45. The third-order valence-corrected chi connectivity index (χ3v) is 4.56. The molecule has 1 saturated carbocycles. The lowest BCUT2D eigenvalue weighted by molar-refractivity contribution is 0.257. The van der Waals surface area contributed by atoms with E-state index in [9.17, 15) is 0 Å². The first kappa shape index (κ1) is 14.4. The number of likely N-dealkylation sites (tertiary alicyclic amines) is 1. The van der Waals surface area contributed by atoms with Crippen LogP contribution in [0.4, 0.5) is 11.4 Å². The average molecular weight is 290 g/mol. The van der Waals surface area contributed by atoms with Crippen LogP contribution in [0.5, 0.6) is 5.88 Å². The Morgan fingerprint density at radius 3 is 2.76 bits per heavy atom. The molecule has 1 aliphatic carbocycles. The number of anilines is 2. The Balaban J connectivity index is 1.78. The Bertz CT molecular complexity index is 501. The molecule has 1 aliphatic heterocycles. The number of aromatic nitrogens is 1. The van der Waals surface area contributed by atoms with E-state index in [0.717, 1.165) is 24.0 Å². The molecule has 116 valence electrons. The Morgan fingerprint density at radius 2 is 2.14 bits per heavy atom. The molecule has 2 heterocycles. The highest BCUT2D eigenvalue weighted by molar-refractivity contribution is 5.74. The molecule has 0 radical (unpaired) electrons. The number of nitrogens with zero attached hydrogens (tertiary/aromatic N) is 3. The third kappa shape index (κ3) is 2.93. The van der Waals surface area contributed by atoms with E-state index in [2.05, 4.69) is 27.0 Å². The van der Waals surface area contributed by atoms with Gasteiger partial charge in [0.25, 0.3) is 0 Å². The molecule has 5 heteroatoms. The number of hydrogen-bond donors (Lipinski definition) is 1. The van der Waals surface area contributed by atoms with Crippen LogP contribution in [0.2, 0.25) is 0 Å². The van der Waals surface area contributed by atoms with Crippen LogP contribution < -0.4 is 15.0 Å². The Morgan fingerprint density at radius 1 is 1.38 bits per heavy atom. The van der Waals surface area contributed by atoms with Crippen LogP contribution in [-0.2, 0) is 0 Å². The molecule has 0 spiro atoms. The van der Waals surface area contributed by atoms with Gasteiger partial charge in [0.1, 0.15) is 5.69 Å². The van der Waals surface area contributed by atoms with Crippen molar-refractivity contribution in [3.8, 4) is 5.88 Å². The topological polar surface area (TPSA) is 40.6 Å². The van der Waals surface area contributed by atoms with Crippen molar-refractivity contribution < 1.29 is 4.74 Å². The van der Waals surface area contributed by atoms with Crippen LogP contribution in [-0.4, -0.2) is 55.8 Å². The summed E-state index contributed by atoms with van der Waals surface area (Å²) in [4.78, 5) is 9.09. The zero-order chi connectivity index (χ0) is 15.0. The first-order valence-electron chi connectivity index (χ1n) is 7.82. The van der Waals surface area contributed by atoms with Gasteiger partial charge in [0.2, 0.25) is 5.88 Å². The molecule has 1 N–H and O–H groups in total. The minimum absolute atomic E-state index is 0.470. The highest BCUT2D eigenvalue weighted by Gasteiger charge is 2.39. The molecule has 1 aromatic rings. The maximum absolute atomic E-state index is 5.45. The van der Waals surface area contributed by atoms with Gasteiger partial charge in [-0.05, 0) is 32.3 Å². The first-order chi connectivity index (χ1) is 10.1. The normalized spacial score (nSPS) is 25.9. The van der Waals surface area contributed by atoms with Gasteiger partial charge in [0.05, 0.1) is 12.8 Å². The highest BCUT2D eigenvalue weighted by atomic mass is 16.5. The molecular weight excluding hydrogens is 264 g/mol. The van der Waals surface area contributed by atoms with Crippen molar-refractivity contribution in [2.75, 3.05) is 38.0 Å². The van der Waals surface area contributed by atoms with Crippen LogP contribution in [0.3, 0.4) is 0 Å². The Kier molecular flexibility index (Phi) is 3.93. The van der Waals surface area contributed by atoms with E-state index < -0.39 is 0 Å². The molecule has 2 aliphatic rings. The molecule has 1 saturated heterocycles. The van der Waals surface area contributed by atoms with Crippen molar-refractivity contribution in [2.45, 2.75) is 44.3 Å². The molecule has 2 atom stereocenters. The molecule has 0 amide bonds. The van der Waals surface area contributed by atoms with Crippen molar-refractivity contribution >= 4 is 11.4 Å². The summed E-state index contributed by atoms with van der Waals surface area (Å²) in [5, 5.41) is 3.68. The average Bonchev–Trinajstić information content (AvgIpc) is 3.23. The number of pyridine rings is 1. The summed E-state index contributed by atoms with van der Waals surface area (Å²) in [6, 6.07) is 4.00. The summed E-state index contributed by atoms with van der Waals surface area (Å²) in [6.07, 6.45) is 5.72. The maximum atomic E-state index is 5.45. The summed E-state index contributed by atoms with van der Waals surface area (Å²) in [7, 11) is 5.78. The van der Waals surface area contributed by atoms with Crippen LogP contribution in [0.15, 0.2) is 12.3 Å². The van der Waals surface area contributed by atoms with Gasteiger partial charge in [-0.15, -0.1) is 0 Å². The minimum Gasteiger partial charge on any atom is -0.479 e. The number of rotatable bonds is 5. The van der Waals surface area contributed by atoms with Crippen molar-refractivity contribution in [3.05, 3.63) is 12.3 Å². The van der Waals surface area contributed by atoms with E-state index in [1.807, 2.05) is 20.2 Å². The Hall–Kier alpha value is -1.49. The predicted octanol–water partition coefficient (Wildman–Crippen LogP) is 2.19. The molecule has 2 unspecified atom stereocenters. The smallest absolute Gasteiger partial charge is 0.239 e. The van der Waals surface area contributed by atoms with E-state index in [1.54, 1.807) is 13.3 Å². The molecule has 5 nitrogen and oxygen atoms in total. The fraction of sp³-hybridized carbons (Fsp3) is 0.688. The van der Waals surface area contributed by atoms with Crippen LogP contribution >= 0.6 is 0 Å². The molecule has 0 aromatic carbocycles.